The molecule has 0 amide bonds. The van der Waals surface area contributed by atoms with E-state index in [4.69, 9.17) is 9.72 Å². The average Bonchev–Trinajstić information content (AvgIpc) is 2.86. The fraction of sp³-hybridized carbons (Fsp3) is 0.241. The van der Waals surface area contributed by atoms with Gasteiger partial charge in [-0.25, -0.2) is 4.98 Å². The number of hydrogen-bond acceptors (Lipinski definition) is 6. The molecule has 0 saturated carbocycles. The molecule has 0 atom stereocenters. The van der Waals surface area contributed by atoms with Crippen molar-refractivity contribution in [3.05, 3.63) is 98.0 Å². The second kappa shape index (κ2) is 10.6. The number of ether oxygens (including phenoxy) is 1. The van der Waals surface area contributed by atoms with Crippen molar-refractivity contribution in [1.82, 2.24) is 9.66 Å². The van der Waals surface area contributed by atoms with Gasteiger partial charge in [0.25, 0.3) is 5.56 Å². The van der Waals surface area contributed by atoms with E-state index >= 15 is 0 Å². The molecule has 1 aromatic heterocycles. The van der Waals surface area contributed by atoms with Crippen molar-refractivity contribution >= 4 is 38.7 Å². The highest BCUT2D eigenvalue weighted by molar-refractivity contribution is 9.10. The Morgan fingerprint density at radius 3 is 2.59 bits per heavy atom. The van der Waals surface area contributed by atoms with Gasteiger partial charge in [0, 0.05) is 46.9 Å². The van der Waals surface area contributed by atoms with Gasteiger partial charge >= 0.3 is 0 Å². The van der Waals surface area contributed by atoms with Crippen LogP contribution in [-0.2, 0) is 12.0 Å². The fourth-order valence-electron chi connectivity index (χ4n) is 3.80. The van der Waals surface area contributed by atoms with Crippen LogP contribution in [0.25, 0.3) is 10.9 Å². The smallest absolute Gasteiger partial charge is 0.282 e. The first-order chi connectivity index (χ1) is 17.6. The molecule has 0 aliphatic rings. The highest BCUT2D eigenvalue weighted by Crippen LogP contribution is 2.26. The van der Waals surface area contributed by atoms with Gasteiger partial charge in [0.15, 0.2) is 0 Å². The summed E-state index contributed by atoms with van der Waals surface area (Å²) < 4.78 is 8.34. The maximum atomic E-state index is 13.5. The molecule has 0 N–H and O–H groups in total. The summed E-state index contributed by atoms with van der Waals surface area (Å²) in [6, 6.07) is 20.8. The van der Waals surface area contributed by atoms with Crippen LogP contribution in [0.5, 0.6) is 5.75 Å². The summed E-state index contributed by atoms with van der Waals surface area (Å²) in [5.41, 5.74) is 2.96. The quantitative estimate of drug-likeness (QED) is 0.277. The Hall–Kier alpha value is -3.96. The van der Waals surface area contributed by atoms with Gasteiger partial charge in [-0.2, -0.15) is 15.0 Å². The van der Waals surface area contributed by atoms with Gasteiger partial charge in [-0.3, -0.25) is 4.79 Å². The zero-order valence-corrected chi connectivity index (χ0v) is 23.1. The zero-order chi connectivity index (χ0) is 26.7. The summed E-state index contributed by atoms with van der Waals surface area (Å²) >= 11 is 3.44. The molecule has 188 valence electrons. The largest absolute Gasteiger partial charge is 0.488 e. The van der Waals surface area contributed by atoms with E-state index in [1.54, 1.807) is 18.3 Å². The summed E-state index contributed by atoms with van der Waals surface area (Å²) in [5.74, 6) is 1.14. The van der Waals surface area contributed by atoms with E-state index in [1.807, 2.05) is 88.3 Å². The Kier molecular flexibility index (Phi) is 7.46. The van der Waals surface area contributed by atoms with Crippen LogP contribution in [0.2, 0.25) is 0 Å². The van der Waals surface area contributed by atoms with Crippen molar-refractivity contribution in [2.75, 3.05) is 19.0 Å². The maximum Gasteiger partial charge on any atom is 0.282 e. The van der Waals surface area contributed by atoms with Crippen LogP contribution in [0, 0.1) is 11.3 Å². The molecule has 0 aliphatic heterocycles. The van der Waals surface area contributed by atoms with Crippen molar-refractivity contribution in [3.63, 3.8) is 0 Å². The molecule has 0 radical (unpaired) electrons. The van der Waals surface area contributed by atoms with Gasteiger partial charge in [0.05, 0.1) is 28.8 Å². The Morgan fingerprint density at radius 2 is 1.89 bits per heavy atom. The molecule has 0 bridgehead atoms. The van der Waals surface area contributed by atoms with E-state index < -0.39 is 5.41 Å². The SMILES string of the molecule is CN(C)c1ccc(C=Nn2c(C(C)(C)C)nc3ccc(Br)cc3c2=O)c(OCc2ccccc2C#N)c1. The molecular weight excluding hydrogens is 530 g/mol. The summed E-state index contributed by atoms with van der Waals surface area (Å²) in [5, 5.41) is 14.5. The highest BCUT2D eigenvalue weighted by atomic mass is 79.9. The van der Waals surface area contributed by atoms with Crippen molar-refractivity contribution in [2.24, 2.45) is 5.10 Å². The lowest BCUT2D eigenvalue weighted by atomic mass is 9.95. The van der Waals surface area contributed by atoms with Gasteiger partial charge in [-0.05, 0) is 36.4 Å². The lowest BCUT2D eigenvalue weighted by Crippen LogP contribution is -2.29. The molecule has 0 aliphatic carbocycles. The van der Waals surface area contributed by atoms with Crippen LogP contribution >= 0.6 is 15.9 Å². The van der Waals surface area contributed by atoms with Crippen molar-refractivity contribution in [2.45, 2.75) is 32.8 Å². The van der Waals surface area contributed by atoms with E-state index in [9.17, 15) is 10.1 Å². The zero-order valence-electron chi connectivity index (χ0n) is 21.5. The number of benzene rings is 3. The lowest BCUT2D eigenvalue weighted by molar-refractivity contribution is 0.305. The molecule has 37 heavy (non-hydrogen) atoms. The predicted octanol–water partition coefficient (Wildman–Crippen LogP) is 5.86. The Bertz CT molecular complexity index is 1590. The van der Waals surface area contributed by atoms with Crippen molar-refractivity contribution < 1.29 is 4.74 Å². The molecule has 1 heterocycles. The number of aromatic nitrogens is 2. The van der Waals surface area contributed by atoms with Gasteiger partial charge in [-0.15, -0.1) is 0 Å². The topological polar surface area (TPSA) is 83.5 Å². The molecule has 0 spiro atoms. The summed E-state index contributed by atoms with van der Waals surface area (Å²) in [6.07, 6.45) is 1.62. The first-order valence-electron chi connectivity index (χ1n) is 11.8. The first-order valence-corrected chi connectivity index (χ1v) is 12.6. The number of fused-ring (bicyclic) bond motifs is 1. The van der Waals surface area contributed by atoms with Crippen LogP contribution in [0.3, 0.4) is 0 Å². The van der Waals surface area contributed by atoms with Gasteiger partial charge in [0.2, 0.25) is 0 Å². The Balaban J connectivity index is 1.80. The number of rotatable bonds is 6. The minimum absolute atomic E-state index is 0.222. The summed E-state index contributed by atoms with van der Waals surface area (Å²) in [7, 11) is 3.90. The second-order valence-electron chi connectivity index (χ2n) is 9.88. The first kappa shape index (κ1) is 26.1. The molecule has 7 nitrogen and oxygen atoms in total. The van der Waals surface area contributed by atoms with Crippen LogP contribution in [0.1, 0.15) is 43.3 Å². The number of nitriles is 1. The fourth-order valence-corrected chi connectivity index (χ4v) is 4.17. The highest BCUT2D eigenvalue weighted by Gasteiger charge is 2.23. The van der Waals surface area contributed by atoms with Crippen molar-refractivity contribution in [1.29, 1.82) is 5.26 Å². The van der Waals surface area contributed by atoms with Crippen LogP contribution < -0.4 is 15.2 Å². The van der Waals surface area contributed by atoms with Crippen LogP contribution in [0.4, 0.5) is 5.69 Å². The van der Waals surface area contributed by atoms with E-state index in [-0.39, 0.29) is 12.2 Å². The Labute approximate surface area is 224 Å². The summed E-state index contributed by atoms with van der Waals surface area (Å²) in [6.45, 7) is 6.22. The molecule has 3 aromatic carbocycles. The normalized spacial score (nSPS) is 11.6. The van der Waals surface area contributed by atoms with Crippen LogP contribution in [0.15, 0.2) is 75.0 Å². The van der Waals surface area contributed by atoms with Gasteiger partial charge in [0.1, 0.15) is 18.2 Å². The average molecular weight is 558 g/mol. The molecular formula is C29H28BrN5O2. The second-order valence-corrected chi connectivity index (χ2v) is 10.8. The third-order valence-corrected chi connectivity index (χ3v) is 6.32. The molecule has 4 rings (SSSR count). The maximum absolute atomic E-state index is 13.5. The van der Waals surface area contributed by atoms with E-state index in [1.165, 1.54) is 4.68 Å². The number of anilines is 1. The predicted molar refractivity (Wildman–Crippen MR) is 152 cm³/mol. The number of hydrogen-bond donors (Lipinski definition) is 0. The number of halogens is 1. The Morgan fingerprint density at radius 1 is 1.14 bits per heavy atom. The third kappa shape index (κ3) is 5.73. The van der Waals surface area contributed by atoms with E-state index in [0.29, 0.717) is 33.6 Å². The molecule has 0 fully saturated rings. The molecule has 4 aromatic rings. The van der Waals surface area contributed by atoms with Gasteiger partial charge < -0.3 is 9.64 Å². The third-order valence-electron chi connectivity index (χ3n) is 5.83. The standard InChI is InChI=1S/C29H28BrN5O2/c1-29(2,3)28-33-25-13-11-22(30)14-24(25)27(36)35(28)32-17-20-10-12-23(34(4)5)15-26(20)37-18-21-9-7-6-8-19(21)16-31/h6-15,17H,18H2,1-5H3. The van der Waals surface area contributed by atoms with E-state index in [0.717, 1.165) is 15.7 Å². The lowest BCUT2D eigenvalue weighted by Gasteiger charge is -2.21. The molecule has 8 heteroatoms. The summed E-state index contributed by atoms with van der Waals surface area (Å²) in [4.78, 5) is 20.3. The molecule has 0 saturated heterocycles. The van der Waals surface area contributed by atoms with E-state index in [2.05, 4.69) is 27.1 Å². The van der Waals surface area contributed by atoms with Crippen LogP contribution in [-0.4, -0.2) is 30.0 Å². The molecule has 0 unspecified atom stereocenters. The minimum Gasteiger partial charge on any atom is -0.488 e. The monoisotopic (exact) mass is 557 g/mol. The minimum atomic E-state index is -0.424. The number of nitrogens with zero attached hydrogens (tertiary/aromatic N) is 5. The van der Waals surface area contributed by atoms with Crippen molar-refractivity contribution in [3.8, 4) is 11.8 Å². The van der Waals surface area contributed by atoms with Gasteiger partial charge in [-0.1, -0.05) is 54.9 Å².